The fraction of sp³-hybridized carbons (Fsp3) is 0.300. The third-order valence-corrected chi connectivity index (χ3v) is 5.12. The Kier molecular flexibility index (Phi) is 5.98. The number of benzene rings is 2. The maximum absolute atomic E-state index is 2.43. The molecule has 2 aromatic carbocycles. The Balaban J connectivity index is 0.00000192. The summed E-state index contributed by atoms with van der Waals surface area (Å²) in [7, 11) is 6.75. The Morgan fingerprint density at radius 3 is 2.39 bits per heavy atom. The molecule has 0 saturated heterocycles. The summed E-state index contributed by atoms with van der Waals surface area (Å²) in [6, 6.07) is 15.6. The standard InChI is InChI=1S/C20H24NS.HI/c1-15-11-12-20-18(14-15)16(9-7-13-21(2,3)4)17-8-5-6-10-19(17)22-20;/h5-6,8-12,14H,7,13H2,1-4H3;1H/q+1;/p-1. The molecule has 0 unspecified atom stereocenters. The molecule has 0 saturated carbocycles. The van der Waals surface area contributed by atoms with Crippen molar-refractivity contribution >= 4 is 17.3 Å². The Labute approximate surface area is 161 Å². The van der Waals surface area contributed by atoms with Crippen LogP contribution in [0.5, 0.6) is 0 Å². The molecule has 2 aromatic rings. The zero-order chi connectivity index (χ0) is 15.7. The lowest BCUT2D eigenvalue weighted by atomic mass is 9.95. The number of fused-ring (bicyclic) bond motifs is 2. The summed E-state index contributed by atoms with van der Waals surface area (Å²) in [5.41, 5.74) is 5.51. The first kappa shape index (κ1) is 18.6. The predicted octanol–water partition coefficient (Wildman–Crippen LogP) is 1.99. The van der Waals surface area contributed by atoms with Crippen molar-refractivity contribution in [1.29, 1.82) is 0 Å². The van der Waals surface area contributed by atoms with Gasteiger partial charge in [0.2, 0.25) is 0 Å². The van der Waals surface area contributed by atoms with E-state index in [1.165, 1.54) is 32.1 Å². The van der Waals surface area contributed by atoms with Crippen LogP contribution in [-0.2, 0) is 0 Å². The Hall–Kier alpha value is -0.780. The summed E-state index contributed by atoms with van der Waals surface area (Å²) in [5.74, 6) is 0. The number of aryl methyl sites for hydroxylation is 1. The van der Waals surface area contributed by atoms with Crippen LogP contribution in [-0.4, -0.2) is 32.2 Å². The SMILES string of the molecule is Cc1ccc2c(c1)C(=CCC[N+](C)(C)C)c1ccccc1S2.[I-]. The average molecular weight is 437 g/mol. The van der Waals surface area contributed by atoms with Gasteiger partial charge in [-0.05, 0) is 35.8 Å². The van der Waals surface area contributed by atoms with Crippen LogP contribution in [0.15, 0.2) is 58.3 Å². The van der Waals surface area contributed by atoms with Gasteiger partial charge in [0.05, 0.1) is 27.7 Å². The van der Waals surface area contributed by atoms with Gasteiger partial charge in [-0.3, -0.25) is 0 Å². The van der Waals surface area contributed by atoms with Crippen LogP contribution in [0.4, 0.5) is 0 Å². The minimum Gasteiger partial charge on any atom is -1.00 e. The van der Waals surface area contributed by atoms with Crippen molar-refractivity contribution in [1.82, 2.24) is 0 Å². The zero-order valence-electron chi connectivity index (χ0n) is 14.3. The van der Waals surface area contributed by atoms with Crippen molar-refractivity contribution in [3.63, 3.8) is 0 Å². The third kappa shape index (κ3) is 4.40. The van der Waals surface area contributed by atoms with Gasteiger partial charge in [0.1, 0.15) is 0 Å². The highest BCUT2D eigenvalue weighted by Crippen LogP contribution is 2.45. The number of nitrogens with zero attached hydrogens (tertiary/aromatic N) is 1. The van der Waals surface area contributed by atoms with E-state index in [4.69, 9.17) is 0 Å². The largest absolute Gasteiger partial charge is 1.00 e. The van der Waals surface area contributed by atoms with E-state index in [0.717, 1.165) is 17.4 Å². The van der Waals surface area contributed by atoms with Gasteiger partial charge in [-0.2, -0.15) is 0 Å². The van der Waals surface area contributed by atoms with Gasteiger partial charge in [-0.15, -0.1) is 0 Å². The van der Waals surface area contributed by atoms with E-state index in [1.807, 2.05) is 11.8 Å². The van der Waals surface area contributed by atoms with Crippen LogP contribution >= 0.6 is 11.8 Å². The van der Waals surface area contributed by atoms with E-state index in [1.54, 1.807) is 0 Å². The summed E-state index contributed by atoms with van der Waals surface area (Å²) in [6.45, 7) is 3.33. The molecule has 122 valence electrons. The summed E-state index contributed by atoms with van der Waals surface area (Å²) in [4.78, 5) is 2.75. The molecule has 1 aliphatic rings. The Morgan fingerprint density at radius 1 is 0.957 bits per heavy atom. The summed E-state index contributed by atoms with van der Waals surface area (Å²) in [6.07, 6.45) is 3.53. The second-order valence-corrected chi connectivity index (χ2v) is 8.10. The van der Waals surface area contributed by atoms with Crippen molar-refractivity contribution in [3.8, 4) is 0 Å². The summed E-state index contributed by atoms with van der Waals surface area (Å²) in [5, 5.41) is 0. The highest BCUT2D eigenvalue weighted by Gasteiger charge is 2.20. The van der Waals surface area contributed by atoms with Gasteiger partial charge >= 0.3 is 0 Å². The summed E-state index contributed by atoms with van der Waals surface area (Å²) >= 11 is 1.89. The van der Waals surface area contributed by atoms with E-state index >= 15 is 0 Å². The van der Waals surface area contributed by atoms with Gasteiger partial charge in [-0.1, -0.05) is 53.7 Å². The maximum atomic E-state index is 2.43. The maximum Gasteiger partial charge on any atom is 0.0815 e. The van der Waals surface area contributed by atoms with Crippen molar-refractivity contribution < 1.29 is 28.5 Å². The molecule has 0 N–H and O–H groups in total. The van der Waals surface area contributed by atoms with Gasteiger partial charge in [-0.25, -0.2) is 0 Å². The number of hydrogen-bond acceptors (Lipinski definition) is 1. The fourth-order valence-corrected chi connectivity index (χ4v) is 3.89. The molecule has 1 aliphatic heterocycles. The fourth-order valence-electron chi connectivity index (χ4n) is 2.80. The van der Waals surface area contributed by atoms with E-state index in [-0.39, 0.29) is 24.0 Å². The molecule has 0 aromatic heterocycles. The molecule has 0 radical (unpaired) electrons. The second kappa shape index (κ2) is 7.41. The van der Waals surface area contributed by atoms with E-state index in [9.17, 15) is 0 Å². The zero-order valence-corrected chi connectivity index (χ0v) is 17.2. The van der Waals surface area contributed by atoms with Crippen molar-refractivity contribution in [3.05, 3.63) is 65.2 Å². The van der Waals surface area contributed by atoms with E-state index in [2.05, 4.69) is 76.6 Å². The van der Waals surface area contributed by atoms with E-state index < -0.39 is 0 Å². The highest BCUT2D eigenvalue weighted by atomic mass is 127. The number of halogens is 1. The van der Waals surface area contributed by atoms with Crippen LogP contribution in [0.1, 0.15) is 23.1 Å². The highest BCUT2D eigenvalue weighted by molar-refractivity contribution is 7.99. The topological polar surface area (TPSA) is 0 Å². The van der Waals surface area contributed by atoms with Gasteiger partial charge in [0, 0.05) is 16.2 Å². The lowest BCUT2D eigenvalue weighted by molar-refractivity contribution is -0.869. The van der Waals surface area contributed by atoms with Crippen molar-refractivity contribution in [2.75, 3.05) is 27.7 Å². The molecular weight excluding hydrogens is 413 g/mol. The molecule has 23 heavy (non-hydrogen) atoms. The van der Waals surface area contributed by atoms with Gasteiger partial charge in [0.25, 0.3) is 0 Å². The molecule has 0 aliphatic carbocycles. The monoisotopic (exact) mass is 437 g/mol. The molecule has 0 atom stereocenters. The molecule has 0 spiro atoms. The average Bonchev–Trinajstić information content (AvgIpc) is 2.46. The lowest BCUT2D eigenvalue weighted by Crippen LogP contribution is -3.00. The first-order valence-electron chi connectivity index (χ1n) is 7.83. The normalized spacial score (nSPS) is 14.9. The first-order chi connectivity index (χ1) is 10.4. The second-order valence-electron chi connectivity index (χ2n) is 7.02. The van der Waals surface area contributed by atoms with Crippen LogP contribution in [0.2, 0.25) is 0 Å². The lowest BCUT2D eigenvalue weighted by Gasteiger charge is -2.25. The predicted molar refractivity (Wildman–Crippen MR) is 96.3 cm³/mol. The molecule has 3 rings (SSSR count). The molecule has 1 heterocycles. The molecule has 0 bridgehead atoms. The number of quaternary nitrogens is 1. The molecule has 0 fully saturated rings. The van der Waals surface area contributed by atoms with Crippen LogP contribution in [0.3, 0.4) is 0 Å². The van der Waals surface area contributed by atoms with Crippen LogP contribution < -0.4 is 24.0 Å². The van der Waals surface area contributed by atoms with Gasteiger partial charge < -0.3 is 28.5 Å². The minimum absolute atomic E-state index is 0. The van der Waals surface area contributed by atoms with Crippen LogP contribution in [0, 0.1) is 6.92 Å². The van der Waals surface area contributed by atoms with Crippen molar-refractivity contribution in [2.45, 2.75) is 23.1 Å². The molecule has 0 amide bonds. The Morgan fingerprint density at radius 2 is 1.65 bits per heavy atom. The first-order valence-corrected chi connectivity index (χ1v) is 8.64. The van der Waals surface area contributed by atoms with Gasteiger partial charge in [0.15, 0.2) is 0 Å². The van der Waals surface area contributed by atoms with Crippen molar-refractivity contribution in [2.24, 2.45) is 0 Å². The molecule has 3 heteroatoms. The quantitative estimate of drug-likeness (QED) is 0.446. The smallest absolute Gasteiger partial charge is 0.0815 e. The minimum atomic E-state index is 0. The molecular formula is C20H24INS. The number of hydrogen-bond donors (Lipinski definition) is 0. The summed E-state index contributed by atoms with van der Waals surface area (Å²) < 4.78 is 1.00. The van der Waals surface area contributed by atoms with Crippen LogP contribution in [0.25, 0.3) is 5.57 Å². The Bertz CT molecular complexity index is 729. The number of rotatable bonds is 3. The van der Waals surface area contributed by atoms with E-state index in [0.29, 0.717) is 0 Å². The molecule has 1 nitrogen and oxygen atoms in total. The third-order valence-electron chi connectivity index (χ3n) is 3.97.